The SMILES string of the molecule is CCNC1C(CN2CCCC(OCC)C2)CCCC1(C)C. The van der Waals surface area contributed by atoms with Gasteiger partial charge in [0.05, 0.1) is 6.10 Å². The smallest absolute Gasteiger partial charge is 0.0702 e. The van der Waals surface area contributed by atoms with Crippen molar-refractivity contribution in [3.8, 4) is 0 Å². The average molecular weight is 296 g/mol. The predicted molar refractivity (Wildman–Crippen MR) is 89.7 cm³/mol. The maximum atomic E-state index is 5.86. The van der Waals surface area contributed by atoms with Gasteiger partial charge in [-0.05, 0) is 57.0 Å². The van der Waals surface area contributed by atoms with Crippen molar-refractivity contribution < 1.29 is 4.74 Å². The number of rotatable bonds is 6. The number of nitrogens with zero attached hydrogens (tertiary/aromatic N) is 1. The van der Waals surface area contributed by atoms with Crippen LogP contribution in [0.3, 0.4) is 0 Å². The fourth-order valence-corrected chi connectivity index (χ4v) is 4.52. The highest BCUT2D eigenvalue weighted by Crippen LogP contribution is 2.39. The van der Waals surface area contributed by atoms with Crippen LogP contribution >= 0.6 is 0 Å². The van der Waals surface area contributed by atoms with Crippen molar-refractivity contribution in [2.75, 3.05) is 32.8 Å². The quantitative estimate of drug-likeness (QED) is 0.814. The molecule has 1 heterocycles. The highest BCUT2D eigenvalue weighted by molar-refractivity contribution is 4.94. The first-order valence-electron chi connectivity index (χ1n) is 9.14. The molecule has 0 bridgehead atoms. The van der Waals surface area contributed by atoms with Gasteiger partial charge < -0.3 is 15.0 Å². The molecule has 3 atom stereocenters. The number of piperidine rings is 1. The Balaban J connectivity index is 1.93. The Bertz CT molecular complexity index is 304. The second-order valence-corrected chi connectivity index (χ2v) is 7.66. The Labute approximate surface area is 131 Å². The van der Waals surface area contributed by atoms with Crippen LogP contribution in [-0.2, 0) is 4.74 Å². The molecule has 0 aromatic heterocycles. The Morgan fingerprint density at radius 1 is 1.19 bits per heavy atom. The summed E-state index contributed by atoms with van der Waals surface area (Å²) >= 11 is 0. The fourth-order valence-electron chi connectivity index (χ4n) is 4.52. The predicted octanol–water partition coefficient (Wildman–Crippen LogP) is 3.29. The summed E-state index contributed by atoms with van der Waals surface area (Å²) in [6.45, 7) is 14.9. The molecule has 0 radical (unpaired) electrons. The van der Waals surface area contributed by atoms with E-state index in [0.717, 1.165) is 25.6 Å². The third-order valence-corrected chi connectivity index (χ3v) is 5.49. The summed E-state index contributed by atoms with van der Waals surface area (Å²) in [5.74, 6) is 0.800. The summed E-state index contributed by atoms with van der Waals surface area (Å²) in [6.07, 6.45) is 7.16. The number of hydrogen-bond acceptors (Lipinski definition) is 3. The Morgan fingerprint density at radius 2 is 2.00 bits per heavy atom. The van der Waals surface area contributed by atoms with Gasteiger partial charge in [-0.15, -0.1) is 0 Å². The maximum Gasteiger partial charge on any atom is 0.0702 e. The van der Waals surface area contributed by atoms with E-state index in [1.807, 2.05) is 0 Å². The lowest BCUT2D eigenvalue weighted by Gasteiger charge is -2.47. The minimum atomic E-state index is 0.439. The molecule has 2 fully saturated rings. The van der Waals surface area contributed by atoms with Crippen LogP contribution in [0.4, 0.5) is 0 Å². The van der Waals surface area contributed by atoms with Crippen molar-refractivity contribution in [1.82, 2.24) is 10.2 Å². The third kappa shape index (κ3) is 4.67. The first-order chi connectivity index (χ1) is 10.1. The molecular weight excluding hydrogens is 260 g/mol. The number of nitrogens with one attached hydrogen (secondary N) is 1. The summed E-state index contributed by atoms with van der Waals surface area (Å²) in [5.41, 5.74) is 0.439. The van der Waals surface area contributed by atoms with E-state index in [-0.39, 0.29) is 0 Å². The van der Waals surface area contributed by atoms with Crippen molar-refractivity contribution in [3.05, 3.63) is 0 Å². The molecule has 1 aliphatic carbocycles. The summed E-state index contributed by atoms with van der Waals surface area (Å²) in [4.78, 5) is 2.67. The third-order valence-electron chi connectivity index (χ3n) is 5.49. The molecular formula is C18H36N2O. The molecule has 0 aromatic rings. The first kappa shape index (κ1) is 17.2. The summed E-state index contributed by atoms with van der Waals surface area (Å²) in [5, 5.41) is 3.79. The lowest BCUT2D eigenvalue weighted by atomic mass is 9.67. The molecule has 0 aromatic carbocycles. The molecule has 3 heteroatoms. The highest BCUT2D eigenvalue weighted by atomic mass is 16.5. The first-order valence-corrected chi connectivity index (χ1v) is 9.14. The van der Waals surface area contributed by atoms with Crippen LogP contribution in [0.2, 0.25) is 0 Å². The van der Waals surface area contributed by atoms with E-state index in [1.54, 1.807) is 0 Å². The molecule has 2 rings (SSSR count). The van der Waals surface area contributed by atoms with Gasteiger partial charge >= 0.3 is 0 Å². The summed E-state index contributed by atoms with van der Waals surface area (Å²) in [6, 6.07) is 0.670. The monoisotopic (exact) mass is 296 g/mol. The molecule has 2 aliphatic rings. The minimum Gasteiger partial charge on any atom is -0.377 e. The second-order valence-electron chi connectivity index (χ2n) is 7.66. The van der Waals surface area contributed by atoms with Crippen LogP contribution in [0.5, 0.6) is 0 Å². The lowest BCUT2D eigenvalue weighted by Crippen LogP contribution is -2.54. The minimum absolute atomic E-state index is 0.439. The van der Waals surface area contributed by atoms with Crippen molar-refractivity contribution in [3.63, 3.8) is 0 Å². The summed E-state index contributed by atoms with van der Waals surface area (Å²) < 4.78 is 5.86. The molecule has 1 saturated carbocycles. The number of ether oxygens (including phenoxy) is 1. The van der Waals surface area contributed by atoms with Crippen molar-refractivity contribution in [2.45, 2.75) is 71.9 Å². The van der Waals surface area contributed by atoms with Crippen LogP contribution in [0.1, 0.15) is 59.8 Å². The Hall–Kier alpha value is -0.120. The van der Waals surface area contributed by atoms with E-state index in [9.17, 15) is 0 Å². The van der Waals surface area contributed by atoms with Gasteiger partial charge in [0, 0.05) is 25.7 Å². The maximum absolute atomic E-state index is 5.86. The summed E-state index contributed by atoms with van der Waals surface area (Å²) in [7, 11) is 0. The molecule has 3 unspecified atom stereocenters. The van der Waals surface area contributed by atoms with Crippen LogP contribution in [-0.4, -0.2) is 49.8 Å². The van der Waals surface area contributed by atoms with Gasteiger partial charge in [-0.2, -0.15) is 0 Å². The molecule has 3 nitrogen and oxygen atoms in total. The zero-order valence-corrected chi connectivity index (χ0v) is 14.7. The number of likely N-dealkylation sites (tertiary alicyclic amines) is 1. The fraction of sp³-hybridized carbons (Fsp3) is 1.00. The second kappa shape index (κ2) is 7.94. The van der Waals surface area contributed by atoms with Crippen molar-refractivity contribution in [1.29, 1.82) is 0 Å². The standard InChI is InChI=1S/C18H36N2O/c1-5-19-17-15(9-7-11-18(17,3)4)13-20-12-8-10-16(14-20)21-6-2/h15-17,19H,5-14H2,1-4H3. The van der Waals surface area contributed by atoms with Crippen LogP contribution in [0, 0.1) is 11.3 Å². The van der Waals surface area contributed by atoms with E-state index in [2.05, 4.69) is 37.9 Å². The van der Waals surface area contributed by atoms with Crippen molar-refractivity contribution >= 4 is 0 Å². The van der Waals surface area contributed by atoms with E-state index in [0.29, 0.717) is 17.6 Å². The molecule has 21 heavy (non-hydrogen) atoms. The van der Waals surface area contributed by atoms with E-state index < -0.39 is 0 Å². The lowest BCUT2D eigenvalue weighted by molar-refractivity contribution is -0.00757. The van der Waals surface area contributed by atoms with Gasteiger partial charge in [0.15, 0.2) is 0 Å². The Kier molecular flexibility index (Phi) is 6.51. The van der Waals surface area contributed by atoms with E-state index >= 15 is 0 Å². The molecule has 1 saturated heterocycles. The molecule has 124 valence electrons. The van der Waals surface area contributed by atoms with Gasteiger partial charge in [-0.3, -0.25) is 0 Å². The molecule has 0 spiro atoms. The van der Waals surface area contributed by atoms with Gasteiger partial charge in [0.1, 0.15) is 0 Å². The van der Waals surface area contributed by atoms with Crippen LogP contribution in [0.15, 0.2) is 0 Å². The van der Waals surface area contributed by atoms with Crippen LogP contribution in [0.25, 0.3) is 0 Å². The van der Waals surface area contributed by atoms with Gasteiger partial charge in [-0.25, -0.2) is 0 Å². The Morgan fingerprint density at radius 3 is 2.71 bits per heavy atom. The van der Waals surface area contributed by atoms with Gasteiger partial charge in [-0.1, -0.05) is 27.2 Å². The molecule has 0 amide bonds. The zero-order chi connectivity index (χ0) is 15.3. The highest BCUT2D eigenvalue weighted by Gasteiger charge is 2.39. The zero-order valence-electron chi connectivity index (χ0n) is 14.7. The van der Waals surface area contributed by atoms with Gasteiger partial charge in [0.2, 0.25) is 0 Å². The largest absolute Gasteiger partial charge is 0.377 e. The van der Waals surface area contributed by atoms with Crippen molar-refractivity contribution in [2.24, 2.45) is 11.3 Å². The number of hydrogen-bond donors (Lipinski definition) is 1. The molecule has 1 N–H and O–H groups in total. The van der Waals surface area contributed by atoms with E-state index in [1.165, 1.54) is 45.2 Å². The topological polar surface area (TPSA) is 24.5 Å². The average Bonchev–Trinajstić information content (AvgIpc) is 2.43. The molecule has 1 aliphatic heterocycles. The van der Waals surface area contributed by atoms with E-state index in [4.69, 9.17) is 4.74 Å². The normalized spacial score (nSPS) is 34.0. The van der Waals surface area contributed by atoms with Crippen LogP contribution < -0.4 is 5.32 Å². The van der Waals surface area contributed by atoms with Gasteiger partial charge in [0.25, 0.3) is 0 Å².